The zero-order valence-electron chi connectivity index (χ0n) is 10.8. The van der Waals surface area contributed by atoms with E-state index in [0.29, 0.717) is 18.0 Å². The van der Waals surface area contributed by atoms with Crippen molar-refractivity contribution >= 4 is 21.6 Å². The highest BCUT2D eigenvalue weighted by molar-refractivity contribution is 7.89. The summed E-state index contributed by atoms with van der Waals surface area (Å²) in [7, 11) is -3.47. The number of ether oxygens (including phenoxy) is 1. The van der Waals surface area contributed by atoms with Gasteiger partial charge in [-0.3, -0.25) is 4.79 Å². The molecule has 110 valence electrons. The molecule has 20 heavy (non-hydrogen) atoms. The molecule has 1 aliphatic rings. The van der Waals surface area contributed by atoms with Crippen LogP contribution >= 0.6 is 0 Å². The van der Waals surface area contributed by atoms with Gasteiger partial charge < -0.3 is 15.8 Å². The van der Waals surface area contributed by atoms with E-state index in [9.17, 15) is 13.2 Å². The van der Waals surface area contributed by atoms with Crippen molar-refractivity contribution in [3.8, 4) is 5.75 Å². The Kier molecular flexibility index (Phi) is 4.46. The fourth-order valence-electron chi connectivity index (χ4n) is 1.87. The van der Waals surface area contributed by atoms with Crippen molar-refractivity contribution in [3.63, 3.8) is 0 Å². The van der Waals surface area contributed by atoms with E-state index in [4.69, 9.17) is 10.5 Å². The maximum Gasteiger partial charge on any atom is 0.221 e. The largest absolute Gasteiger partial charge is 0.492 e. The predicted octanol–water partition coefficient (Wildman–Crippen LogP) is -0.544. The molecule has 0 aromatic heterocycles. The van der Waals surface area contributed by atoms with Crippen LogP contribution in [0.2, 0.25) is 0 Å². The van der Waals surface area contributed by atoms with E-state index in [2.05, 4.69) is 10.0 Å². The van der Waals surface area contributed by atoms with Crippen LogP contribution in [0.1, 0.15) is 6.42 Å². The molecule has 1 atom stereocenters. The standard InChI is InChI=1S/C12H17N3O4S/c13-9-2-1-3-11(6-9)19-4-5-20(17,18)15-10-7-12(16)14-8-10/h1-3,6,10,15H,4-5,7-8,13H2,(H,14,16). The first-order chi connectivity index (χ1) is 9.44. The molecule has 1 unspecified atom stereocenters. The van der Waals surface area contributed by atoms with Gasteiger partial charge >= 0.3 is 0 Å². The van der Waals surface area contributed by atoms with Gasteiger partial charge in [-0.05, 0) is 12.1 Å². The molecule has 4 N–H and O–H groups in total. The summed E-state index contributed by atoms with van der Waals surface area (Å²) in [5.74, 6) is 0.207. The Morgan fingerprint density at radius 3 is 2.90 bits per heavy atom. The number of hydrogen-bond donors (Lipinski definition) is 3. The summed E-state index contributed by atoms with van der Waals surface area (Å²) in [5, 5.41) is 2.57. The number of rotatable bonds is 6. The monoisotopic (exact) mass is 299 g/mol. The van der Waals surface area contributed by atoms with E-state index < -0.39 is 10.0 Å². The third-order valence-electron chi connectivity index (χ3n) is 2.80. The minimum absolute atomic E-state index is 0.0207. The Hall–Kier alpha value is -1.80. The van der Waals surface area contributed by atoms with Crippen molar-refractivity contribution in [3.05, 3.63) is 24.3 Å². The smallest absolute Gasteiger partial charge is 0.221 e. The summed E-state index contributed by atoms with van der Waals surface area (Å²) in [6, 6.07) is 6.40. The summed E-state index contributed by atoms with van der Waals surface area (Å²) in [6.07, 6.45) is 0.176. The summed E-state index contributed by atoms with van der Waals surface area (Å²) in [4.78, 5) is 11.0. The molecule has 1 saturated heterocycles. The van der Waals surface area contributed by atoms with E-state index in [1.54, 1.807) is 24.3 Å². The van der Waals surface area contributed by atoms with Gasteiger partial charge in [-0.1, -0.05) is 6.07 Å². The molecule has 0 saturated carbocycles. The van der Waals surface area contributed by atoms with Gasteiger partial charge in [0.15, 0.2) is 0 Å². The van der Waals surface area contributed by atoms with Crippen molar-refractivity contribution in [2.45, 2.75) is 12.5 Å². The zero-order chi connectivity index (χ0) is 14.6. The summed E-state index contributed by atoms with van der Waals surface area (Å²) >= 11 is 0. The number of amides is 1. The third kappa shape index (κ3) is 4.39. The number of benzene rings is 1. The van der Waals surface area contributed by atoms with Gasteiger partial charge in [0.2, 0.25) is 15.9 Å². The second-order valence-electron chi connectivity index (χ2n) is 4.56. The van der Waals surface area contributed by atoms with Crippen LogP contribution in [0.4, 0.5) is 5.69 Å². The Labute approximate surface area is 117 Å². The Morgan fingerprint density at radius 2 is 2.25 bits per heavy atom. The van der Waals surface area contributed by atoms with Crippen molar-refractivity contribution < 1.29 is 17.9 Å². The molecule has 0 spiro atoms. The van der Waals surface area contributed by atoms with Gasteiger partial charge in [-0.2, -0.15) is 0 Å². The molecule has 1 aromatic carbocycles. The molecular weight excluding hydrogens is 282 g/mol. The van der Waals surface area contributed by atoms with Gasteiger partial charge in [0.1, 0.15) is 12.4 Å². The molecule has 0 radical (unpaired) electrons. The highest BCUT2D eigenvalue weighted by Crippen LogP contribution is 2.14. The van der Waals surface area contributed by atoms with Gasteiger partial charge in [-0.15, -0.1) is 0 Å². The lowest BCUT2D eigenvalue weighted by Crippen LogP contribution is -2.38. The van der Waals surface area contributed by atoms with E-state index in [1.807, 2.05) is 0 Å². The molecule has 2 rings (SSSR count). The SMILES string of the molecule is Nc1cccc(OCCS(=O)(=O)NC2CNC(=O)C2)c1. The first-order valence-electron chi connectivity index (χ1n) is 6.20. The maximum absolute atomic E-state index is 11.8. The molecule has 1 aliphatic heterocycles. The number of nitrogens with one attached hydrogen (secondary N) is 2. The predicted molar refractivity (Wildman–Crippen MR) is 74.7 cm³/mol. The average Bonchev–Trinajstić information content (AvgIpc) is 2.73. The minimum atomic E-state index is -3.47. The number of carbonyl (C=O) groups excluding carboxylic acids is 1. The molecule has 8 heteroatoms. The summed E-state index contributed by atoms with van der Waals surface area (Å²) < 4.78 is 31.4. The third-order valence-corrected chi connectivity index (χ3v) is 4.20. The average molecular weight is 299 g/mol. The molecule has 1 amide bonds. The number of carbonyl (C=O) groups is 1. The molecule has 0 bridgehead atoms. The first-order valence-corrected chi connectivity index (χ1v) is 7.85. The fraction of sp³-hybridized carbons (Fsp3) is 0.417. The van der Waals surface area contributed by atoms with Crippen LogP contribution in [-0.2, 0) is 14.8 Å². The molecule has 1 heterocycles. The van der Waals surface area contributed by atoms with Crippen LogP contribution in [0.15, 0.2) is 24.3 Å². The lowest BCUT2D eigenvalue weighted by atomic mass is 10.3. The first kappa shape index (κ1) is 14.6. The van der Waals surface area contributed by atoms with Crippen molar-refractivity contribution in [1.29, 1.82) is 0 Å². The summed E-state index contributed by atoms with van der Waals surface area (Å²) in [5.41, 5.74) is 6.14. The molecule has 1 aromatic rings. The van der Waals surface area contributed by atoms with E-state index in [0.717, 1.165) is 0 Å². The van der Waals surface area contributed by atoms with Crippen LogP contribution in [0, 0.1) is 0 Å². The lowest BCUT2D eigenvalue weighted by molar-refractivity contribution is -0.119. The number of nitrogen functional groups attached to an aromatic ring is 1. The number of sulfonamides is 1. The topological polar surface area (TPSA) is 111 Å². The van der Waals surface area contributed by atoms with Crippen molar-refractivity contribution in [2.75, 3.05) is 24.6 Å². The van der Waals surface area contributed by atoms with Crippen molar-refractivity contribution in [1.82, 2.24) is 10.0 Å². The van der Waals surface area contributed by atoms with E-state index in [1.165, 1.54) is 0 Å². The number of hydrogen-bond acceptors (Lipinski definition) is 5. The summed E-state index contributed by atoms with van der Waals surface area (Å²) in [6.45, 7) is 0.348. The van der Waals surface area contributed by atoms with Crippen LogP contribution in [0.3, 0.4) is 0 Å². The van der Waals surface area contributed by atoms with Crippen LogP contribution < -0.4 is 20.5 Å². The van der Waals surface area contributed by atoms with Gasteiger partial charge in [0.05, 0.1) is 5.75 Å². The number of anilines is 1. The van der Waals surface area contributed by atoms with Crippen LogP contribution in [-0.4, -0.2) is 39.3 Å². The minimum Gasteiger partial charge on any atom is -0.492 e. The fourth-order valence-corrected chi connectivity index (χ4v) is 2.97. The van der Waals surface area contributed by atoms with Gasteiger partial charge in [0.25, 0.3) is 0 Å². The second kappa shape index (κ2) is 6.10. The highest BCUT2D eigenvalue weighted by Gasteiger charge is 2.25. The molecule has 1 fully saturated rings. The second-order valence-corrected chi connectivity index (χ2v) is 6.44. The van der Waals surface area contributed by atoms with E-state index >= 15 is 0 Å². The molecule has 0 aliphatic carbocycles. The quantitative estimate of drug-likeness (QED) is 0.611. The number of nitrogens with two attached hydrogens (primary N) is 1. The van der Waals surface area contributed by atoms with E-state index in [-0.39, 0.29) is 30.7 Å². The van der Waals surface area contributed by atoms with Crippen LogP contribution in [0.5, 0.6) is 5.75 Å². The highest BCUT2D eigenvalue weighted by atomic mass is 32.2. The maximum atomic E-state index is 11.8. The Bertz CT molecular complexity index is 588. The molecular formula is C12H17N3O4S. The van der Waals surface area contributed by atoms with Gasteiger partial charge in [-0.25, -0.2) is 13.1 Å². The Morgan fingerprint density at radius 1 is 1.45 bits per heavy atom. The lowest BCUT2D eigenvalue weighted by Gasteiger charge is -2.12. The van der Waals surface area contributed by atoms with Crippen LogP contribution in [0.25, 0.3) is 0 Å². The van der Waals surface area contributed by atoms with Crippen molar-refractivity contribution in [2.24, 2.45) is 0 Å². The Balaban J connectivity index is 1.79. The molecule has 7 nitrogen and oxygen atoms in total. The normalized spacial score (nSPS) is 18.8. The van der Waals surface area contributed by atoms with Gasteiger partial charge in [0, 0.05) is 30.8 Å². The zero-order valence-corrected chi connectivity index (χ0v) is 11.7.